The Hall–Kier alpha value is -1.00. The maximum Gasteiger partial charge on any atom is 0.155 e. The molecule has 0 bridgehead atoms. The van der Waals surface area contributed by atoms with E-state index in [1.165, 1.54) is 11.5 Å². The van der Waals surface area contributed by atoms with Gasteiger partial charge in [0.15, 0.2) is 5.15 Å². The zero-order chi connectivity index (χ0) is 8.39. The van der Waals surface area contributed by atoms with Gasteiger partial charge in [-0.3, -0.25) is 4.98 Å². The molecule has 2 heterocycles. The molecule has 2 aromatic heterocycles. The first-order chi connectivity index (χ1) is 5.88. The monoisotopic (exact) mass is 197 g/mol. The van der Waals surface area contributed by atoms with Crippen LogP contribution in [0.15, 0.2) is 24.0 Å². The van der Waals surface area contributed by atoms with E-state index in [-0.39, 0.29) is 0 Å². The molecule has 60 valence electrons. The molecule has 0 aliphatic rings. The van der Waals surface area contributed by atoms with Gasteiger partial charge in [-0.1, -0.05) is 11.6 Å². The summed E-state index contributed by atoms with van der Waals surface area (Å²) in [5, 5.41) is 2.30. The minimum absolute atomic E-state index is 0.415. The molecule has 0 saturated carbocycles. The van der Waals surface area contributed by atoms with Crippen LogP contribution in [0.2, 0.25) is 5.15 Å². The number of aromatic nitrogens is 3. The molecule has 0 aliphatic heterocycles. The second-order valence-corrected chi connectivity index (χ2v) is 3.12. The second kappa shape index (κ2) is 3.16. The molecule has 2 aromatic rings. The number of hydrogen-bond donors (Lipinski definition) is 0. The molecule has 0 saturated heterocycles. The van der Waals surface area contributed by atoms with E-state index in [4.69, 9.17) is 11.6 Å². The molecule has 0 N–H and O–H groups in total. The van der Waals surface area contributed by atoms with Gasteiger partial charge in [0.25, 0.3) is 0 Å². The van der Waals surface area contributed by atoms with Gasteiger partial charge in [-0.05, 0) is 11.5 Å². The van der Waals surface area contributed by atoms with E-state index in [1.807, 2.05) is 5.38 Å². The van der Waals surface area contributed by atoms with Gasteiger partial charge in [-0.15, -0.1) is 0 Å². The minimum atomic E-state index is 0.415. The fraction of sp³-hybridized carbons (Fsp3) is 0. The van der Waals surface area contributed by atoms with Crippen LogP contribution in [-0.4, -0.2) is 14.3 Å². The lowest BCUT2D eigenvalue weighted by molar-refractivity contribution is 1.21. The number of halogens is 1. The van der Waals surface area contributed by atoms with Crippen LogP contribution in [0.5, 0.6) is 0 Å². The highest BCUT2D eigenvalue weighted by molar-refractivity contribution is 7.03. The van der Waals surface area contributed by atoms with Crippen LogP contribution in [0.25, 0.3) is 11.3 Å². The van der Waals surface area contributed by atoms with E-state index in [0.717, 1.165) is 5.56 Å². The third-order valence-electron chi connectivity index (χ3n) is 1.36. The highest BCUT2D eigenvalue weighted by atomic mass is 35.5. The Morgan fingerprint density at radius 3 is 2.75 bits per heavy atom. The Labute approximate surface area is 78.2 Å². The molecule has 0 atom stereocenters. The predicted octanol–water partition coefficient (Wildman–Crippen LogP) is 2.25. The highest BCUT2D eigenvalue weighted by Gasteiger charge is 2.05. The smallest absolute Gasteiger partial charge is 0.155 e. The first-order valence-corrected chi connectivity index (χ1v) is 4.45. The lowest BCUT2D eigenvalue weighted by atomic mass is 10.3. The van der Waals surface area contributed by atoms with Crippen molar-refractivity contribution in [3.8, 4) is 11.3 Å². The summed E-state index contributed by atoms with van der Waals surface area (Å²) in [5.41, 5.74) is 1.60. The van der Waals surface area contributed by atoms with Gasteiger partial charge < -0.3 is 0 Å². The molecular formula is C7H4ClN3S. The second-order valence-electron chi connectivity index (χ2n) is 2.11. The first-order valence-electron chi connectivity index (χ1n) is 3.24. The average Bonchev–Trinajstić information content (AvgIpc) is 2.57. The van der Waals surface area contributed by atoms with Crippen LogP contribution in [-0.2, 0) is 0 Å². The summed E-state index contributed by atoms with van der Waals surface area (Å²) in [6, 6.07) is 0. The molecule has 0 aromatic carbocycles. The molecule has 0 fully saturated rings. The molecule has 0 unspecified atom stereocenters. The van der Waals surface area contributed by atoms with Crippen molar-refractivity contribution in [1.29, 1.82) is 0 Å². The van der Waals surface area contributed by atoms with Crippen molar-refractivity contribution in [1.82, 2.24) is 14.3 Å². The van der Waals surface area contributed by atoms with Crippen molar-refractivity contribution < 1.29 is 0 Å². The first kappa shape index (κ1) is 7.64. The van der Waals surface area contributed by atoms with Crippen molar-refractivity contribution in [3.05, 3.63) is 29.1 Å². The number of hydrogen-bond acceptors (Lipinski definition) is 4. The van der Waals surface area contributed by atoms with Crippen LogP contribution in [0, 0.1) is 0 Å². The van der Waals surface area contributed by atoms with Gasteiger partial charge in [-0.25, -0.2) is 9.36 Å². The third kappa shape index (κ3) is 1.31. The highest BCUT2D eigenvalue weighted by Crippen LogP contribution is 2.23. The van der Waals surface area contributed by atoms with Crippen LogP contribution in [0.1, 0.15) is 0 Å². The van der Waals surface area contributed by atoms with Gasteiger partial charge in [0.05, 0.1) is 6.20 Å². The molecular weight excluding hydrogens is 194 g/mol. The van der Waals surface area contributed by atoms with E-state index < -0.39 is 0 Å². The molecule has 2 rings (SSSR count). The SMILES string of the molecule is Clc1nccnc1-c1cnsc1. The minimum Gasteiger partial charge on any atom is -0.251 e. The Morgan fingerprint density at radius 1 is 1.25 bits per heavy atom. The average molecular weight is 198 g/mol. The van der Waals surface area contributed by atoms with E-state index in [0.29, 0.717) is 10.8 Å². The van der Waals surface area contributed by atoms with E-state index in [9.17, 15) is 0 Å². The van der Waals surface area contributed by atoms with Gasteiger partial charge >= 0.3 is 0 Å². The standard InChI is InChI=1S/C7H4ClN3S/c8-7-6(9-1-2-10-7)5-3-11-12-4-5/h1-4H. The fourth-order valence-corrected chi connectivity index (χ4v) is 1.57. The van der Waals surface area contributed by atoms with Gasteiger partial charge in [0, 0.05) is 23.3 Å². The topological polar surface area (TPSA) is 38.7 Å². The van der Waals surface area contributed by atoms with Crippen molar-refractivity contribution in [3.63, 3.8) is 0 Å². The Morgan fingerprint density at radius 2 is 2.08 bits per heavy atom. The molecule has 0 aliphatic carbocycles. The van der Waals surface area contributed by atoms with Crippen LogP contribution < -0.4 is 0 Å². The summed E-state index contributed by atoms with van der Waals surface area (Å²) in [4.78, 5) is 8.01. The summed E-state index contributed by atoms with van der Waals surface area (Å²) < 4.78 is 3.95. The summed E-state index contributed by atoms with van der Waals surface area (Å²) in [6.45, 7) is 0. The summed E-state index contributed by atoms with van der Waals surface area (Å²) in [5.74, 6) is 0. The Bertz CT molecular complexity index is 374. The predicted molar refractivity (Wildman–Crippen MR) is 48.2 cm³/mol. The van der Waals surface area contributed by atoms with E-state index >= 15 is 0 Å². The van der Waals surface area contributed by atoms with E-state index in [2.05, 4.69) is 14.3 Å². The summed E-state index contributed by atoms with van der Waals surface area (Å²) in [6.07, 6.45) is 4.89. The van der Waals surface area contributed by atoms with Crippen LogP contribution in [0.3, 0.4) is 0 Å². The zero-order valence-electron chi connectivity index (χ0n) is 5.94. The van der Waals surface area contributed by atoms with Crippen molar-refractivity contribution in [2.45, 2.75) is 0 Å². The molecule has 0 amide bonds. The van der Waals surface area contributed by atoms with Crippen molar-refractivity contribution in [2.75, 3.05) is 0 Å². The van der Waals surface area contributed by atoms with Gasteiger partial charge in [0.1, 0.15) is 5.69 Å². The van der Waals surface area contributed by atoms with Crippen LogP contribution in [0.4, 0.5) is 0 Å². The van der Waals surface area contributed by atoms with Gasteiger partial charge in [0.2, 0.25) is 0 Å². The largest absolute Gasteiger partial charge is 0.251 e. The number of nitrogens with zero attached hydrogens (tertiary/aromatic N) is 3. The normalized spacial score (nSPS) is 10.1. The third-order valence-corrected chi connectivity index (χ3v) is 2.22. The fourth-order valence-electron chi connectivity index (χ4n) is 0.836. The zero-order valence-corrected chi connectivity index (χ0v) is 7.51. The van der Waals surface area contributed by atoms with Gasteiger partial charge in [-0.2, -0.15) is 0 Å². The van der Waals surface area contributed by atoms with Crippen LogP contribution >= 0.6 is 23.1 Å². The lowest BCUT2D eigenvalue weighted by Crippen LogP contribution is -1.84. The molecule has 0 radical (unpaired) electrons. The maximum absolute atomic E-state index is 5.82. The molecule has 3 nitrogen and oxygen atoms in total. The van der Waals surface area contributed by atoms with E-state index in [1.54, 1.807) is 18.6 Å². The molecule has 0 spiro atoms. The summed E-state index contributed by atoms with van der Waals surface area (Å²) >= 11 is 7.19. The quantitative estimate of drug-likeness (QED) is 0.704. The molecule has 12 heavy (non-hydrogen) atoms. The van der Waals surface area contributed by atoms with Crippen molar-refractivity contribution in [2.24, 2.45) is 0 Å². The number of rotatable bonds is 1. The Kier molecular flexibility index (Phi) is 2.01. The lowest BCUT2D eigenvalue weighted by Gasteiger charge is -1.95. The van der Waals surface area contributed by atoms with Crippen molar-refractivity contribution >= 4 is 23.1 Å². The summed E-state index contributed by atoms with van der Waals surface area (Å²) in [7, 11) is 0. The maximum atomic E-state index is 5.82. The Balaban J connectivity index is 2.55. The molecule has 5 heteroatoms.